The highest BCUT2D eigenvalue weighted by atomic mass is 16.5. The van der Waals surface area contributed by atoms with E-state index in [1.54, 1.807) is 7.11 Å². The number of amides is 1. The van der Waals surface area contributed by atoms with E-state index in [-0.39, 0.29) is 18.1 Å². The first-order chi connectivity index (χ1) is 12.6. The van der Waals surface area contributed by atoms with Gasteiger partial charge in [0.05, 0.1) is 24.7 Å². The van der Waals surface area contributed by atoms with E-state index in [1.807, 2.05) is 18.2 Å². The summed E-state index contributed by atoms with van der Waals surface area (Å²) in [5, 5.41) is 13.0. The first-order valence-electron chi connectivity index (χ1n) is 9.60. The first-order valence-corrected chi connectivity index (χ1v) is 9.60. The van der Waals surface area contributed by atoms with Crippen molar-refractivity contribution in [3.05, 3.63) is 23.8 Å². The van der Waals surface area contributed by atoms with Crippen LogP contribution >= 0.6 is 0 Å². The van der Waals surface area contributed by atoms with Crippen molar-refractivity contribution >= 4 is 5.91 Å². The Labute approximate surface area is 155 Å². The number of rotatable bonds is 5. The van der Waals surface area contributed by atoms with Crippen molar-refractivity contribution in [2.45, 2.75) is 75.9 Å². The van der Waals surface area contributed by atoms with Crippen LogP contribution in [0.15, 0.2) is 18.2 Å². The summed E-state index contributed by atoms with van der Waals surface area (Å²) in [6.45, 7) is 1.53. The van der Waals surface area contributed by atoms with Gasteiger partial charge in [-0.2, -0.15) is 5.26 Å². The minimum atomic E-state index is -0.592. The van der Waals surface area contributed by atoms with Crippen LogP contribution < -0.4 is 14.8 Å². The molecule has 5 nitrogen and oxygen atoms in total. The van der Waals surface area contributed by atoms with Gasteiger partial charge >= 0.3 is 0 Å². The summed E-state index contributed by atoms with van der Waals surface area (Å²) in [5.74, 6) is 1.40. The van der Waals surface area contributed by atoms with E-state index in [1.165, 1.54) is 19.8 Å². The molecule has 2 saturated carbocycles. The van der Waals surface area contributed by atoms with E-state index >= 15 is 0 Å². The quantitative estimate of drug-likeness (QED) is 0.870. The average Bonchev–Trinajstić information content (AvgIpc) is 3.14. The summed E-state index contributed by atoms with van der Waals surface area (Å²) in [4.78, 5) is 11.4. The molecule has 5 heteroatoms. The maximum absolute atomic E-state index is 11.4. The van der Waals surface area contributed by atoms with Crippen molar-refractivity contribution in [2.75, 3.05) is 7.11 Å². The number of carbonyl (C=O) groups is 1. The van der Waals surface area contributed by atoms with Gasteiger partial charge in [0.15, 0.2) is 11.5 Å². The van der Waals surface area contributed by atoms with Gasteiger partial charge in [-0.05, 0) is 69.1 Å². The third-order valence-electron chi connectivity index (χ3n) is 5.68. The van der Waals surface area contributed by atoms with Crippen molar-refractivity contribution in [1.82, 2.24) is 5.32 Å². The van der Waals surface area contributed by atoms with Crippen LogP contribution in [-0.2, 0) is 10.2 Å². The van der Waals surface area contributed by atoms with Crippen molar-refractivity contribution in [3.63, 3.8) is 0 Å². The lowest BCUT2D eigenvalue weighted by molar-refractivity contribution is -0.119. The molecule has 1 aromatic rings. The lowest BCUT2D eigenvalue weighted by atomic mass is 9.68. The fraction of sp³-hybridized carbons (Fsp3) is 0.619. The minimum absolute atomic E-state index is 0.0382. The standard InChI is InChI=1S/C21H28N2O3/c1-15(24)23-17-6-5-11-21(13-17,14-22)16-9-10-19(25-2)20(12-16)26-18-7-3-4-8-18/h9-10,12,17-18H,3-8,11,13H2,1-2H3,(H,23,24)/t17-,21+/m0/s1. The van der Waals surface area contributed by atoms with Gasteiger partial charge in [-0.15, -0.1) is 0 Å². The van der Waals surface area contributed by atoms with Crippen molar-refractivity contribution in [2.24, 2.45) is 0 Å². The summed E-state index contributed by atoms with van der Waals surface area (Å²) in [6, 6.07) is 8.45. The molecular weight excluding hydrogens is 328 g/mol. The maximum Gasteiger partial charge on any atom is 0.217 e. The topological polar surface area (TPSA) is 71.3 Å². The van der Waals surface area contributed by atoms with Gasteiger partial charge in [0.2, 0.25) is 5.91 Å². The normalized spacial score (nSPS) is 26.1. The van der Waals surface area contributed by atoms with E-state index in [9.17, 15) is 10.1 Å². The molecular formula is C21H28N2O3. The average molecular weight is 356 g/mol. The van der Waals surface area contributed by atoms with Crippen LogP contribution in [0.5, 0.6) is 11.5 Å². The molecule has 1 amide bonds. The van der Waals surface area contributed by atoms with Gasteiger partial charge in [0.25, 0.3) is 0 Å². The molecule has 0 spiro atoms. The highest BCUT2D eigenvalue weighted by molar-refractivity contribution is 5.73. The number of hydrogen-bond acceptors (Lipinski definition) is 4. The van der Waals surface area contributed by atoms with Crippen LogP contribution in [0.25, 0.3) is 0 Å². The maximum atomic E-state index is 11.4. The SMILES string of the molecule is COc1ccc([C@]2(C#N)CCC[C@H](NC(C)=O)C2)cc1OC1CCCC1. The van der Waals surface area contributed by atoms with Crippen LogP contribution in [0, 0.1) is 11.3 Å². The second-order valence-electron chi connectivity index (χ2n) is 7.58. The van der Waals surface area contributed by atoms with Crippen LogP contribution in [0.4, 0.5) is 0 Å². The number of ether oxygens (including phenoxy) is 2. The molecule has 0 heterocycles. The smallest absolute Gasteiger partial charge is 0.217 e. The summed E-state index contributed by atoms with van der Waals surface area (Å²) in [7, 11) is 1.64. The second kappa shape index (κ2) is 7.99. The number of carbonyl (C=O) groups excluding carboxylic acids is 1. The summed E-state index contributed by atoms with van der Waals surface area (Å²) in [5.41, 5.74) is 0.370. The van der Waals surface area contributed by atoms with E-state index < -0.39 is 5.41 Å². The molecule has 26 heavy (non-hydrogen) atoms. The molecule has 0 saturated heterocycles. The zero-order chi connectivity index (χ0) is 18.6. The van der Waals surface area contributed by atoms with Gasteiger partial charge in [-0.3, -0.25) is 4.79 Å². The van der Waals surface area contributed by atoms with Crippen LogP contribution in [0.3, 0.4) is 0 Å². The lowest BCUT2D eigenvalue weighted by Gasteiger charge is -2.36. The molecule has 3 rings (SSSR count). The molecule has 2 fully saturated rings. The summed E-state index contributed by atoms with van der Waals surface area (Å²) in [6.07, 6.45) is 8.06. The fourth-order valence-electron chi connectivity index (χ4n) is 4.37. The third-order valence-corrected chi connectivity index (χ3v) is 5.68. The Hall–Kier alpha value is -2.22. The molecule has 0 aromatic heterocycles. The van der Waals surface area contributed by atoms with Gasteiger partial charge in [0.1, 0.15) is 0 Å². The van der Waals surface area contributed by atoms with Crippen molar-refractivity contribution in [1.29, 1.82) is 5.26 Å². The van der Waals surface area contributed by atoms with E-state index in [2.05, 4.69) is 11.4 Å². The Kier molecular flexibility index (Phi) is 5.70. The van der Waals surface area contributed by atoms with Crippen molar-refractivity contribution in [3.8, 4) is 17.6 Å². The molecule has 0 bridgehead atoms. The molecule has 0 unspecified atom stereocenters. The van der Waals surface area contributed by atoms with Crippen LogP contribution in [0.2, 0.25) is 0 Å². The fourth-order valence-corrected chi connectivity index (χ4v) is 4.37. The first kappa shape index (κ1) is 18.6. The van der Waals surface area contributed by atoms with Crippen LogP contribution in [-0.4, -0.2) is 25.2 Å². The molecule has 2 aliphatic carbocycles. The third kappa shape index (κ3) is 3.95. The molecule has 1 N–H and O–H groups in total. The van der Waals surface area contributed by atoms with Gasteiger partial charge in [0, 0.05) is 13.0 Å². The zero-order valence-corrected chi connectivity index (χ0v) is 15.7. The monoisotopic (exact) mass is 356 g/mol. The largest absolute Gasteiger partial charge is 0.493 e. The zero-order valence-electron chi connectivity index (χ0n) is 15.7. The van der Waals surface area contributed by atoms with Gasteiger partial charge < -0.3 is 14.8 Å². The minimum Gasteiger partial charge on any atom is -0.493 e. The molecule has 0 aliphatic heterocycles. The molecule has 2 atom stereocenters. The van der Waals surface area contributed by atoms with E-state index in [0.29, 0.717) is 12.2 Å². The number of methoxy groups -OCH3 is 1. The second-order valence-corrected chi connectivity index (χ2v) is 7.58. The van der Waals surface area contributed by atoms with Gasteiger partial charge in [-0.1, -0.05) is 6.07 Å². The highest BCUT2D eigenvalue weighted by Crippen LogP contribution is 2.42. The molecule has 1 aromatic carbocycles. The van der Waals surface area contributed by atoms with E-state index in [4.69, 9.17) is 9.47 Å². The Bertz CT molecular complexity index is 691. The van der Waals surface area contributed by atoms with Crippen LogP contribution in [0.1, 0.15) is 63.9 Å². The van der Waals surface area contributed by atoms with E-state index in [0.717, 1.165) is 43.4 Å². The number of hydrogen-bond donors (Lipinski definition) is 1. The predicted octanol–water partition coefficient (Wildman–Crippen LogP) is 3.86. The Morgan fingerprint density at radius 1 is 1.23 bits per heavy atom. The Morgan fingerprint density at radius 3 is 2.65 bits per heavy atom. The number of benzene rings is 1. The number of nitrogens with zero attached hydrogens (tertiary/aromatic N) is 1. The molecule has 2 aliphatic rings. The highest BCUT2D eigenvalue weighted by Gasteiger charge is 2.39. The Morgan fingerprint density at radius 2 is 2.00 bits per heavy atom. The van der Waals surface area contributed by atoms with Crippen molar-refractivity contribution < 1.29 is 14.3 Å². The predicted molar refractivity (Wildman–Crippen MR) is 99.2 cm³/mol. The van der Waals surface area contributed by atoms with Gasteiger partial charge in [-0.25, -0.2) is 0 Å². The number of nitriles is 1. The Balaban J connectivity index is 1.87. The lowest BCUT2D eigenvalue weighted by Crippen LogP contribution is -2.43. The molecule has 140 valence electrons. The summed E-state index contributed by atoms with van der Waals surface area (Å²) >= 11 is 0. The number of nitrogens with one attached hydrogen (secondary N) is 1. The summed E-state index contributed by atoms with van der Waals surface area (Å²) < 4.78 is 11.7. The molecule has 0 radical (unpaired) electrons.